The van der Waals surface area contributed by atoms with Crippen LogP contribution in [0.2, 0.25) is 0 Å². The van der Waals surface area contributed by atoms with Crippen LogP contribution >= 0.6 is 0 Å². The monoisotopic (exact) mass is 357 g/mol. The maximum Gasteiger partial charge on any atom is 0.317 e. The molecule has 3 rings (SSSR count). The summed E-state index contributed by atoms with van der Waals surface area (Å²) in [6, 6.07) is 8.31. The van der Waals surface area contributed by atoms with E-state index in [1.807, 2.05) is 30.0 Å². The highest BCUT2D eigenvalue weighted by atomic mass is 16.2. The van der Waals surface area contributed by atoms with Crippen molar-refractivity contribution in [2.75, 3.05) is 19.6 Å². The highest BCUT2D eigenvalue weighted by Crippen LogP contribution is 2.27. The van der Waals surface area contributed by atoms with Crippen LogP contribution in [0.15, 0.2) is 24.3 Å². The molecule has 2 fully saturated rings. The quantitative estimate of drug-likeness (QED) is 0.864. The molecule has 1 unspecified atom stereocenters. The lowest BCUT2D eigenvalue weighted by molar-refractivity contribution is 0.0927. The summed E-state index contributed by atoms with van der Waals surface area (Å²) in [6.07, 6.45) is 7.95. The Bertz CT molecular complexity index is 625. The summed E-state index contributed by atoms with van der Waals surface area (Å²) in [4.78, 5) is 26.6. The molecule has 1 aliphatic heterocycles. The van der Waals surface area contributed by atoms with Crippen LogP contribution in [0.5, 0.6) is 0 Å². The molecule has 1 heterocycles. The fourth-order valence-corrected chi connectivity index (χ4v) is 4.15. The molecule has 1 aromatic carbocycles. The number of rotatable bonds is 4. The highest BCUT2D eigenvalue weighted by Gasteiger charge is 2.25. The first-order valence-electron chi connectivity index (χ1n) is 10.1. The van der Waals surface area contributed by atoms with Gasteiger partial charge in [0.15, 0.2) is 0 Å². The van der Waals surface area contributed by atoms with E-state index in [0.717, 1.165) is 49.9 Å². The zero-order valence-corrected chi connectivity index (χ0v) is 15.8. The molecule has 0 spiro atoms. The summed E-state index contributed by atoms with van der Waals surface area (Å²) >= 11 is 0. The zero-order chi connectivity index (χ0) is 18.4. The molecule has 1 saturated carbocycles. The largest absolute Gasteiger partial charge is 0.349 e. The minimum Gasteiger partial charge on any atom is -0.349 e. The van der Waals surface area contributed by atoms with Crippen LogP contribution in [0.25, 0.3) is 0 Å². The minimum atomic E-state index is 0.0170. The number of hydrogen-bond acceptors (Lipinski definition) is 2. The number of benzene rings is 1. The topological polar surface area (TPSA) is 61.4 Å². The van der Waals surface area contributed by atoms with Gasteiger partial charge in [0.25, 0.3) is 5.91 Å². The molecule has 1 aliphatic carbocycles. The molecule has 1 atom stereocenters. The number of urea groups is 1. The summed E-state index contributed by atoms with van der Waals surface area (Å²) in [5.41, 5.74) is 1.90. The summed E-state index contributed by atoms with van der Waals surface area (Å²) in [6.45, 7) is 4.12. The minimum absolute atomic E-state index is 0.0170. The van der Waals surface area contributed by atoms with Gasteiger partial charge in [-0.1, -0.05) is 31.4 Å². The Kier molecular flexibility index (Phi) is 6.53. The lowest BCUT2D eigenvalue weighted by atomic mass is 9.89. The Labute approximate surface area is 156 Å². The van der Waals surface area contributed by atoms with Gasteiger partial charge in [-0.05, 0) is 50.3 Å². The van der Waals surface area contributed by atoms with E-state index < -0.39 is 0 Å². The van der Waals surface area contributed by atoms with Crippen LogP contribution in [0, 0.1) is 0 Å². The number of nitrogens with one attached hydrogen (secondary N) is 2. The first kappa shape index (κ1) is 18.7. The van der Waals surface area contributed by atoms with Crippen LogP contribution in [0.1, 0.15) is 73.7 Å². The van der Waals surface area contributed by atoms with Crippen LogP contribution in [-0.2, 0) is 0 Å². The average molecular weight is 357 g/mol. The summed E-state index contributed by atoms with van der Waals surface area (Å²) in [5, 5.41) is 6.08. The number of carbonyl (C=O) groups excluding carboxylic acids is 2. The Balaban J connectivity index is 1.64. The summed E-state index contributed by atoms with van der Waals surface area (Å²) in [7, 11) is 0. The van der Waals surface area contributed by atoms with Crippen LogP contribution < -0.4 is 10.6 Å². The van der Waals surface area contributed by atoms with E-state index in [9.17, 15) is 9.59 Å². The molecular weight excluding hydrogens is 326 g/mol. The predicted octanol–water partition coefficient (Wildman–Crippen LogP) is 3.66. The van der Waals surface area contributed by atoms with Crippen molar-refractivity contribution in [3.8, 4) is 0 Å². The van der Waals surface area contributed by atoms with E-state index in [-0.39, 0.29) is 11.9 Å². The van der Waals surface area contributed by atoms with Crippen molar-refractivity contribution in [2.45, 2.75) is 63.8 Å². The molecule has 3 amide bonds. The predicted molar refractivity (Wildman–Crippen MR) is 103 cm³/mol. The molecule has 5 nitrogen and oxygen atoms in total. The highest BCUT2D eigenvalue weighted by molar-refractivity contribution is 5.94. The molecule has 1 aromatic rings. The van der Waals surface area contributed by atoms with E-state index in [0.29, 0.717) is 18.5 Å². The fraction of sp³-hybridized carbons (Fsp3) is 0.619. The van der Waals surface area contributed by atoms with E-state index >= 15 is 0 Å². The Morgan fingerprint density at radius 3 is 2.69 bits per heavy atom. The average Bonchev–Trinajstić information content (AvgIpc) is 2.69. The molecule has 0 bridgehead atoms. The second-order valence-electron chi connectivity index (χ2n) is 7.55. The zero-order valence-electron chi connectivity index (χ0n) is 15.8. The molecule has 26 heavy (non-hydrogen) atoms. The number of likely N-dealkylation sites (tertiary alicyclic amines) is 1. The Morgan fingerprint density at radius 1 is 1.12 bits per heavy atom. The maximum absolute atomic E-state index is 12.6. The smallest absolute Gasteiger partial charge is 0.317 e. The van der Waals surface area contributed by atoms with Gasteiger partial charge in [0.05, 0.1) is 0 Å². The van der Waals surface area contributed by atoms with Crippen LogP contribution in [0.4, 0.5) is 4.79 Å². The van der Waals surface area contributed by atoms with Crippen LogP contribution in [0.3, 0.4) is 0 Å². The molecule has 2 aliphatic rings. The number of carbonyl (C=O) groups is 2. The third-order valence-corrected chi connectivity index (χ3v) is 5.60. The molecule has 0 radical (unpaired) electrons. The molecule has 1 saturated heterocycles. The van der Waals surface area contributed by atoms with Crippen molar-refractivity contribution < 1.29 is 9.59 Å². The lowest BCUT2D eigenvalue weighted by Gasteiger charge is -2.33. The molecular formula is C21H31N3O2. The van der Waals surface area contributed by atoms with E-state index in [4.69, 9.17) is 0 Å². The second-order valence-corrected chi connectivity index (χ2v) is 7.55. The van der Waals surface area contributed by atoms with Gasteiger partial charge < -0.3 is 15.5 Å². The number of nitrogens with zero attached hydrogens (tertiary/aromatic N) is 1. The van der Waals surface area contributed by atoms with Crippen molar-refractivity contribution in [3.05, 3.63) is 35.4 Å². The standard InChI is InChI=1S/C21H31N3O2/c1-2-22-21(26)24-13-7-10-18(15-24)16-8-6-9-17(14-16)20(25)23-19-11-4-3-5-12-19/h6,8-9,14,18-19H,2-5,7,10-13,15H2,1H3,(H,22,26)(H,23,25). The first-order valence-corrected chi connectivity index (χ1v) is 10.1. The van der Waals surface area contributed by atoms with Gasteiger partial charge in [0.2, 0.25) is 0 Å². The van der Waals surface area contributed by atoms with E-state index in [1.165, 1.54) is 19.3 Å². The SMILES string of the molecule is CCNC(=O)N1CCCC(c2cccc(C(=O)NC3CCCCC3)c2)C1. The maximum atomic E-state index is 12.6. The van der Waals surface area contributed by atoms with Crippen molar-refractivity contribution in [1.82, 2.24) is 15.5 Å². The second kappa shape index (κ2) is 9.06. The van der Waals surface area contributed by atoms with E-state index in [1.54, 1.807) is 0 Å². The normalized spacial score (nSPS) is 21.3. The fourth-order valence-electron chi connectivity index (χ4n) is 4.15. The van der Waals surface area contributed by atoms with Gasteiger partial charge >= 0.3 is 6.03 Å². The van der Waals surface area contributed by atoms with Gasteiger partial charge in [0.1, 0.15) is 0 Å². The Hall–Kier alpha value is -2.04. The van der Waals surface area contributed by atoms with E-state index in [2.05, 4.69) is 16.7 Å². The molecule has 5 heteroatoms. The summed E-state index contributed by atoms with van der Waals surface area (Å²) in [5.74, 6) is 0.337. The molecule has 142 valence electrons. The van der Waals surface area contributed by atoms with Crippen molar-refractivity contribution >= 4 is 11.9 Å². The van der Waals surface area contributed by atoms with Crippen molar-refractivity contribution in [1.29, 1.82) is 0 Å². The Morgan fingerprint density at radius 2 is 1.92 bits per heavy atom. The van der Waals surface area contributed by atoms with Gasteiger partial charge in [-0.25, -0.2) is 4.79 Å². The first-order chi connectivity index (χ1) is 12.7. The summed E-state index contributed by atoms with van der Waals surface area (Å²) < 4.78 is 0. The van der Waals surface area contributed by atoms with Crippen molar-refractivity contribution in [2.24, 2.45) is 0 Å². The van der Waals surface area contributed by atoms with Gasteiger partial charge in [-0.2, -0.15) is 0 Å². The third-order valence-electron chi connectivity index (χ3n) is 5.60. The van der Waals surface area contributed by atoms with Crippen molar-refractivity contribution in [3.63, 3.8) is 0 Å². The number of amides is 3. The number of piperidine rings is 1. The van der Waals surface area contributed by atoms with Crippen LogP contribution in [-0.4, -0.2) is 42.5 Å². The van der Waals surface area contributed by atoms with Gasteiger partial charge in [-0.15, -0.1) is 0 Å². The van der Waals surface area contributed by atoms with Gasteiger partial charge in [-0.3, -0.25) is 4.79 Å². The molecule has 2 N–H and O–H groups in total. The van der Waals surface area contributed by atoms with Gasteiger partial charge in [0, 0.05) is 37.2 Å². The lowest BCUT2D eigenvalue weighted by Crippen LogP contribution is -2.44. The number of hydrogen-bond donors (Lipinski definition) is 2. The molecule has 0 aromatic heterocycles. The third kappa shape index (κ3) is 4.77.